The number of rotatable bonds is 3. The first-order valence-electron chi connectivity index (χ1n) is 5.06. The van der Waals surface area contributed by atoms with Crippen LogP contribution in [0.5, 0.6) is 17.4 Å². The molecule has 0 aromatic carbocycles. The van der Waals surface area contributed by atoms with E-state index < -0.39 is 11.7 Å². The zero-order valence-electron chi connectivity index (χ0n) is 9.68. The number of halogens is 3. The minimum atomic E-state index is -4.48. The SMILES string of the molecule is COc1cnnc(Oc2cncc(C(F)(F)F)c2)c1. The molecule has 8 heteroatoms. The van der Waals surface area contributed by atoms with Crippen LogP contribution in [0.15, 0.2) is 30.7 Å². The van der Waals surface area contributed by atoms with Crippen LogP contribution in [0.1, 0.15) is 5.56 Å². The van der Waals surface area contributed by atoms with Gasteiger partial charge in [-0.3, -0.25) is 4.98 Å². The molecule has 0 bridgehead atoms. The van der Waals surface area contributed by atoms with Gasteiger partial charge in [0, 0.05) is 12.3 Å². The molecule has 19 heavy (non-hydrogen) atoms. The van der Waals surface area contributed by atoms with Crippen molar-refractivity contribution in [3.63, 3.8) is 0 Å². The van der Waals surface area contributed by atoms with Crippen molar-refractivity contribution in [3.05, 3.63) is 36.3 Å². The van der Waals surface area contributed by atoms with Crippen molar-refractivity contribution < 1.29 is 22.6 Å². The molecular formula is C11H8F3N3O2. The van der Waals surface area contributed by atoms with Crippen molar-refractivity contribution in [2.45, 2.75) is 6.18 Å². The molecule has 0 atom stereocenters. The van der Waals surface area contributed by atoms with Crippen molar-refractivity contribution in [2.24, 2.45) is 0 Å². The molecule has 2 aromatic heterocycles. The number of ether oxygens (including phenoxy) is 2. The molecule has 0 saturated carbocycles. The normalized spacial score (nSPS) is 11.2. The standard InChI is InChI=1S/C11H8F3N3O2/c1-18-8-3-10(17-16-6-8)19-9-2-7(4-15-5-9)11(12,13)14/h2-6H,1H3. The van der Waals surface area contributed by atoms with Crippen LogP contribution in [0.25, 0.3) is 0 Å². The summed E-state index contributed by atoms with van der Waals surface area (Å²) in [6.45, 7) is 0. The van der Waals surface area contributed by atoms with E-state index in [1.54, 1.807) is 0 Å². The number of aromatic nitrogens is 3. The van der Waals surface area contributed by atoms with Crippen molar-refractivity contribution in [2.75, 3.05) is 7.11 Å². The Hall–Kier alpha value is -2.38. The Balaban J connectivity index is 2.23. The lowest BCUT2D eigenvalue weighted by Gasteiger charge is -2.08. The van der Waals surface area contributed by atoms with E-state index in [-0.39, 0.29) is 11.6 Å². The predicted octanol–water partition coefficient (Wildman–Crippen LogP) is 2.69. The van der Waals surface area contributed by atoms with Crippen LogP contribution in [0.2, 0.25) is 0 Å². The van der Waals surface area contributed by atoms with Crippen LogP contribution < -0.4 is 9.47 Å². The Morgan fingerprint density at radius 2 is 1.84 bits per heavy atom. The van der Waals surface area contributed by atoms with Gasteiger partial charge in [0.1, 0.15) is 11.5 Å². The number of methoxy groups -OCH3 is 1. The zero-order chi connectivity index (χ0) is 13.9. The smallest absolute Gasteiger partial charge is 0.418 e. The number of alkyl halides is 3. The van der Waals surface area contributed by atoms with Crippen LogP contribution in [-0.4, -0.2) is 22.3 Å². The molecule has 0 radical (unpaired) electrons. The second-order valence-electron chi connectivity index (χ2n) is 3.44. The number of pyridine rings is 1. The monoisotopic (exact) mass is 271 g/mol. The highest BCUT2D eigenvalue weighted by Gasteiger charge is 2.31. The van der Waals surface area contributed by atoms with E-state index in [2.05, 4.69) is 15.2 Å². The lowest BCUT2D eigenvalue weighted by Crippen LogP contribution is -2.05. The second-order valence-corrected chi connectivity index (χ2v) is 3.44. The molecular weight excluding hydrogens is 263 g/mol. The quantitative estimate of drug-likeness (QED) is 0.859. The molecule has 100 valence electrons. The van der Waals surface area contributed by atoms with E-state index in [0.29, 0.717) is 11.9 Å². The summed E-state index contributed by atoms with van der Waals surface area (Å²) in [5.41, 5.74) is -0.902. The van der Waals surface area contributed by atoms with Crippen LogP contribution in [0, 0.1) is 0 Å². The van der Waals surface area contributed by atoms with Gasteiger partial charge in [0.2, 0.25) is 5.88 Å². The average Bonchev–Trinajstić information content (AvgIpc) is 2.38. The second kappa shape index (κ2) is 5.09. The van der Waals surface area contributed by atoms with E-state index in [0.717, 1.165) is 12.3 Å². The highest BCUT2D eigenvalue weighted by atomic mass is 19.4. The minimum absolute atomic E-state index is 0.0143. The van der Waals surface area contributed by atoms with Crippen LogP contribution in [0.3, 0.4) is 0 Å². The summed E-state index contributed by atoms with van der Waals surface area (Å²) in [4.78, 5) is 3.47. The Bertz CT molecular complexity index is 575. The van der Waals surface area contributed by atoms with Gasteiger partial charge in [0.25, 0.3) is 0 Å². The van der Waals surface area contributed by atoms with Gasteiger partial charge in [-0.15, -0.1) is 5.10 Å². The third-order valence-electron chi connectivity index (χ3n) is 2.11. The molecule has 2 rings (SSSR count). The van der Waals surface area contributed by atoms with Crippen LogP contribution in [0.4, 0.5) is 13.2 Å². The first kappa shape index (κ1) is 13.1. The fourth-order valence-electron chi connectivity index (χ4n) is 1.24. The van der Waals surface area contributed by atoms with Crippen LogP contribution >= 0.6 is 0 Å². The molecule has 0 aliphatic heterocycles. The van der Waals surface area contributed by atoms with Gasteiger partial charge in [-0.25, -0.2) is 0 Å². The van der Waals surface area contributed by atoms with Gasteiger partial charge in [0.05, 0.1) is 25.1 Å². The summed E-state index contributed by atoms with van der Waals surface area (Å²) in [5, 5.41) is 7.19. The van der Waals surface area contributed by atoms with E-state index in [4.69, 9.17) is 9.47 Å². The molecule has 0 N–H and O–H groups in total. The van der Waals surface area contributed by atoms with E-state index in [1.165, 1.54) is 19.4 Å². The van der Waals surface area contributed by atoms with Crippen molar-refractivity contribution in [1.82, 2.24) is 15.2 Å². The number of hydrogen-bond donors (Lipinski definition) is 0. The summed E-state index contributed by atoms with van der Waals surface area (Å²) in [5.74, 6) is 0.308. The summed E-state index contributed by atoms with van der Waals surface area (Å²) in [6.07, 6.45) is -1.27. The van der Waals surface area contributed by atoms with Gasteiger partial charge in [-0.2, -0.15) is 18.3 Å². The van der Waals surface area contributed by atoms with E-state index in [1.807, 2.05) is 0 Å². The first-order valence-corrected chi connectivity index (χ1v) is 5.06. The van der Waals surface area contributed by atoms with Gasteiger partial charge >= 0.3 is 6.18 Å². The van der Waals surface area contributed by atoms with E-state index >= 15 is 0 Å². The molecule has 0 aliphatic carbocycles. The maximum atomic E-state index is 12.5. The largest absolute Gasteiger partial charge is 0.495 e. The molecule has 2 heterocycles. The Morgan fingerprint density at radius 1 is 1.05 bits per heavy atom. The third-order valence-corrected chi connectivity index (χ3v) is 2.11. The third kappa shape index (κ3) is 3.30. The van der Waals surface area contributed by atoms with Gasteiger partial charge in [-0.1, -0.05) is 0 Å². The van der Waals surface area contributed by atoms with E-state index in [9.17, 15) is 13.2 Å². The Morgan fingerprint density at radius 3 is 2.53 bits per heavy atom. The van der Waals surface area contributed by atoms with Crippen molar-refractivity contribution in [3.8, 4) is 17.4 Å². The Labute approximate surface area is 106 Å². The predicted molar refractivity (Wildman–Crippen MR) is 57.9 cm³/mol. The van der Waals surface area contributed by atoms with Crippen molar-refractivity contribution in [1.29, 1.82) is 0 Å². The summed E-state index contributed by atoms with van der Waals surface area (Å²) in [7, 11) is 1.42. The molecule has 0 unspecified atom stereocenters. The zero-order valence-corrected chi connectivity index (χ0v) is 9.68. The highest BCUT2D eigenvalue weighted by molar-refractivity contribution is 5.31. The minimum Gasteiger partial charge on any atom is -0.495 e. The topological polar surface area (TPSA) is 57.1 Å². The maximum Gasteiger partial charge on any atom is 0.418 e. The van der Waals surface area contributed by atoms with Crippen LogP contribution in [-0.2, 0) is 6.18 Å². The summed E-state index contributed by atoms with van der Waals surface area (Å²) < 4.78 is 47.5. The van der Waals surface area contributed by atoms with Gasteiger partial charge in [-0.05, 0) is 6.07 Å². The number of nitrogens with zero attached hydrogens (tertiary/aromatic N) is 3. The van der Waals surface area contributed by atoms with Crippen molar-refractivity contribution >= 4 is 0 Å². The maximum absolute atomic E-state index is 12.5. The lowest BCUT2D eigenvalue weighted by atomic mass is 10.3. The lowest BCUT2D eigenvalue weighted by molar-refractivity contribution is -0.137. The average molecular weight is 271 g/mol. The molecule has 0 spiro atoms. The Kier molecular flexibility index (Phi) is 3.50. The molecule has 0 amide bonds. The fraction of sp³-hybridized carbons (Fsp3) is 0.182. The first-order chi connectivity index (χ1) is 8.99. The molecule has 5 nitrogen and oxygen atoms in total. The fourth-order valence-corrected chi connectivity index (χ4v) is 1.24. The summed E-state index contributed by atoms with van der Waals surface area (Å²) in [6, 6.07) is 2.22. The molecule has 0 aliphatic rings. The van der Waals surface area contributed by atoms with Gasteiger partial charge < -0.3 is 9.47 Å². The summed E-state index contributed by atoms with van der Waals surface area (Å²) >= 11 is 0. The molecule has 0 fully saturated rings. The molecule has 2 aromatic rings. The molecule has 0 saturated heterocycles. The highest BCUT2D eigenvalue weighted by Crippen LogP contribution is 2.31. The number of hydrogen-bond acceptors (Lipinski definition) is 5. The van der Waals surface area contributed by atoms with Gasteiger partial charge in [0.15, 0.2) is 0 Å².